The molecule has 0 radical (unpaired) electrons. The van der Waals surface area contributed by atoms with Crippen molar-refractivity contribution in [3.63, 3.8) is 0 Å². The maximum atomic E-state index is 12.2. The second kappa shape index (κ2) is 5.07. The van der Waals surface area contributed by atoms with Crippen LogP contribution in [0, 0.1) is 11.8 Å². The molecule has 1 aliphatic heterocycles. The van der Waals surface area contributed by atoms with E-state index < -0.39 is 17.9 Å². The van der Waals surface area contributed by atoms with Crippen molar-refractivity contribution in [1.82, 2.24) is 4.90 Å². The average molecular weight is 268 g/mol. The minimum absolute atomic E-state index is 0.0259. The number of nitrogens with two attached hydrogens (primary N) is 1. The molecule has 98 valence electrons. The van der Waals surface area contributed by atoms with E-state index in [4.69, 9.17) is 10.8 Å². The highest BCUT2D eigenvalue weighted by atomic mass is 32.1. The first kappa shape index (κ1) is 13.0. The summed E-state index contributed by atoms with van der Waals surface area (Å²) in [5.41, 5.74) is 5.90. The van der Waals surface area contributed by atoms with Crippen molar-refractivity contribution in [1.29, 1.82) is 0 Å². The quantitative estimate of drug-likeness (QED) is 0.854. The third kappa shape index (κ3) is 2.39. The van der Waals surface area contributed by atoms with Gasteiger partial charge in [0.15, 0.2) is 0 Å². The van der Waals surface area contributed by atoms with E-state index in [0.29, 0.717) is 6.54 Å². The highest BCUT2D eigenvalue weighted by molar-refractivity contribution is 7.10. The number of carbonyl (C=O) groups is 2. The predicted molar refractivity (Wildman–Crippen MR) is 68.1 cm³/mol. The number of aliphatic carboxylic acids is 1. The Morgan fingerprint density at radius 2 is 2.28 bits per heavy atom. The third-order valence-electron chi connectivity index (χ3n) is 3.36. The van der Waals surface area contributed by atoms with E-state index in [2.05, 4.69) is 0 Å². The molecule has 1 aromatic heterocycles. The second-order valence-electron chi connectivity index (χ2n) is 4.66. The normalized spacial score (nSPS) is 25.1. The Bertz CT molecular complexity index is 446. The van der Waals surface area contributed by atoms with Crippen LogP contribution in [0.3, 0.4) is 0 Å². The van der Waals surface area contributed by atoms with Gasteiger partial charge < -0.3 is 15.7 Å². The molecule has 1 saturated heterocycles. The van der Waals surface area contributed by atoms with Crippen LogP contribution in [-0.4, -0.2) is 35.0 Å². The van der Waals surface area contributed by atoms with Crippen LogP contribution in [0.5, 0.6) is 0 Å². The fraction of sp³-hybridized carbons (Fsp3) is 0.500. The van der Waals surface area contributed by atoms with Gasteiger partial charge in [-0.15, -0.1) is 11.3 Å². The van der Waals surface area contributed by atoms with Crippen LogP contribution >= 0.6 is 11.3 Å². The second-order valence-corrected chi connectivity index (χ2v) is 5.64. The summed E-state index contributed by atoms with van der Waals surface area (Å²) in [7, 11) is 0. The van der Waals surface area contributed by atoms with Crippen molar-refractivity contribution in [3.8, 4) is 0 Å². The first-order valence-corrected chi connectivity index (χ1v) is 6.69. The summed E-state index contributed by atoms with van der Waals surface area (Å²) in [6.45, 7) is 2.58. The van der Waals surface area contributed by atoms with Gasteiger partial charge in [0.25, 0.3) is 0 Å². The number of thiophene rings is 1. The van der Waals surface area contributed by atoms with Crippen molar-refractivity contribution in [2.24, 2.45) is 17.6 Å². The molecule has 1 aromatic rings. The molecule has 0 aromatic carbocycles. The first-order chi connectivity index (χ1) is 8.50. The Balaban J connectivity index is 2.05. The van der Waals surface area contributed by atoms with E-state index in [0.717, 1.165) is 4.88 Å². The van der Waals surface area contributed by atoms with Crippen LogP contribution in [0.4, 0.5) is 0 Å². The van der Waals surface area contributed by atoms with Crippen molar-refractivity contribution in [2.75, 3.05) is 13.1 Å². The molecule has 0 spiro atoms. The van der Waals surface area contributed by atoms with Crippen LogP contribution in [0.15, 0.2) is 17.5 Å². The smallest absolute Gasteiger partial charge is 0.308 e. The standard InChI is InChI=1S/C12H16N2O3S/c1-7-5-14(6-8(7)12(16)17)11(15)10(13)9-3-2-4-18-9/h2-4,7-8,10H,5-6,13H2,1H3,(H,16,17)/t7-,8-,10?/m1/s1. The van der Waals surface area contributed by atoms with E-state index in [-0.39, 0.29) is 18.4 Å². The molecule has 1 fully saturated rings. The van der Waals surface area contributed by atoms with Gasteiger partial charge in [0.2, 0.25) is 5.91 Å². The monoisotopic (exact) mass is 268 g/mol. The zero-order chi connectivity index (χ0) is 13.3. The minimum atomic E-state index is -0.845. The van der Waals surface area contributed by atoms with Gasteiger partial charge in [-0.3, -0.25) is 9.59 Å². The van der Waals surface area contributed by atoms with Gasteiger partial charge in [0.05, 0.1) is 5.92 Å². The molecule has 1 aliphatic rings. The third-order valence-corrected chi connectivity index (χ3v) is 4.31. The number of carboxylic acids is 1. The summed E-state index contributed by atoms with van der Waals surface area (Å²) in [5.74, 6) is -1.54. The van der Waals surface area contributed by atoms with Crippen LogP contribution in [0.25, 0.3) is 0 Å². The van der Waals surface area contributed by atoms with Gasteiger partial charge >= 0.3 is 5.97 Å². The summed E-state index contributed by atoms with van der Waals surface area (Å²) in [6, 6.07) is 2.99. The lowest BCUT2D eigenvalue weighted by Gasteiger charge is -2.19. The Labute approximate surface area is 109 Å². The average Bonchev–Trinajstić information content (AvgIpc) is 2.95. The molecule has 5 nitrogen and oxygen atoms in total. The maximum absolute atomic E-state index is 12.2. The molecule has 0 saturated carbocycles. The van der Waals surface area contributed by atoms with Crippen LogP contribution in [0.1, 0.15) is 17.8 Å². The number of rotatable bonds is 3. The zero-order valence-corrected chi connectivity index (χ0v) is 10.9. The Morgan fingerprint density at radius 3 is 2.78 bits per heavy atom. The maximum Gasteiger partial charge on any atom is 0.308 e. The molecule has 3 N–H and O–H groups in total. The first-order valence-electron chi connectivity index (χ1n) is 5.81. The topological polar surface area (TPSA) is 83.6 Å². The summed E-state index contributed by atoms with van der Waals surface area (Å²) in [6.07, 6.45) is 0. The molecule has 18 heavy (non-hydrogen) atoms. The fourth-order valence-corrected chi connectivity index (χ4v) is 2.97. The molecule has 6 heteroatoms. The van der Waals surface area contributed by atoms with E-state index in [1.165, 1.54) is 11.3 Å². The fourth-order valence-electron chi connectivity index (χ4n) is 2.25. The van der Waals surface area contributed by atoms with Crippen LogP contribution in [0.2, 0.25) is 0 Å². The summed E-state index contributed by atoms with van der Waals surface area (Å²) < 4.78 is 0. The van der Waals surface area contributed by atoms with Crippen molar-refractivity contribution < 1.29 is 14.7 Å². The number of amides is 1. The number of hydrogen-bond donors (Lipinski definition) is 2. The van der Waals surface area contributed by atoms with Crippen molar-refractivity contribution >= 4 is 23.2 Å². The largest absolute Gasteiger partial charge is 0.481 e. The van der Waals surface area contributed by atoms with E-state index in [9.17, 15) is 9.59 Å². The Morgan fingerprint density at radius 1 is 1.56 bits per heavy atom. The molecule has 2 rings (SSSR count). The number of carboxylic acid groups (broad SMARTS) is 1. The van der Waals surface area contributed by atoms with Gasteiger partial charge in [-0.1, -0.05) is 13.0 Å². The highest BCUT2D eigenvalue weighted by Gasteiger charge is 2.38. The lowest BCUT2D eigenvalue weighted by molar-refractivity contribution is -0.142. The minimum Gasteiger partial charge on any atom is -0.481 e. The molecule has 3 atom stereocenters. The van der Waals surface area contributed by atoms with Crippen LogP contribution < -0.4 is 5.73 Å². The van der Waals surface area contributed by atoms with Gasteiger partial charge in [-0.25, -0.2) is 0 Å². The molecule has 0 aliphatic carbocycles. The van der Waals surface area contributed by atoms with Gasteiger partial charge in [0.1, 0.15) is 6.04 Å². The van der Waals surface area contributed by atoms with Crippen molar-refractivity contribution in [2.45, 2.75) is 13.0 Å². The molecular formula is C12H16N2O3S. The number of carbonyl (C=O) groups excluding carboxylic acids is 1. The molecular weight excluding hydrogens is 252 g/mol. The molecule has 1 unspecified atom stereocenters. The lowest BCUT2D eigenvalue weighted by Crippen LogP contribution is -2.37. The molecule has 0 bridgehead atoms. The van der Waals surface area contributed by atoms with E-state index >= 15 is 0 Å². The van der Waals surface area contributed by atoms with Gasteiger partial charge in [0, 0.05) is 18.0 Å². The van der Waals surface area contributed by atoms with Gasteiger partial charge in [-0.2, -0.15) is 0 Å². The van der Waals surface area contributed by atoms with Crippen LogP contribution in [-0.2, 0) is 9.59 Å². The predicted octanol–water partition coefficient (Wildman–Crippen LogP) is 0.927. The number of nitrogens with zero attached hydrogens (tertiary/aromatic N) is 1. The molecule has 2 heterocycles. The SMILES string of the molecule is C[C@@H]1CN(C(=O)C(N)c2cccs2)C[C@H]1C(=O)O. The summed E-state index contributed by atoms with van der Waals surface area (Å²) in [5, 5.41) is 10.9. The zero-order valence-electron chi connectivity index (χ0n) is 10.1. The summed E-state index contributed by atoms with van der Waals surface area (Å²) in [4.78, 5) is 25.6. The lowest BCUT2D eigenvalue weighted by atomic mass is 9.99. The van der Waals surface area contributed by atoms with E-state index in [1.807, 2.05) is 24.4 Å². The Kier molecular flexibility index (Phi) is 3.68. The van der Waals surface area contributed by atoms with E-state index in [1.54, 1.807) is 4.90 Å². The van der Waals surface area contributed by atoms with Crippen molar-refractivity contribution in [3.05, 3.63) is 22.4 Å². The number of likely N-dealkylation sites (tertiary alicyclic amines) is 1. The number of hydrogen-bond acceptors (Lipinski definition) is 4. The van der Waals surface area contributed by atoms with Gasteiger partial charge in [-0.05, 0) is 17.4 Å². The Hall–Kier alpha value is -1.40. The molecule has 1 amide bonds. The highest BCUT2D eigenvalue weighted by Crippen LogP contribution is 2.26. The summed E-state index contributed by atoms with van der Waals surface area (Å²) >= 11 is 1.44.